The molecule has 0 saturated heterocycles. The molecule has 1 unspecified atom stereocenters. The van der Waals surface area contributed by atoms with E-state index in [4.69, 9.17) is 16.2 Å². The van der Waals surface area contributed by atoms with E-state index < -0.39 is 12.2 Å². The summed E-state index contributed by atoms with van der Waals surface area (Å²) in [4.78, 5) is 15.2. The van der Waals surface area contributed by atoms with Crippen LogP contribution >= 0.6 is 0 Å². The van der Waals surface area contributed by atoms with Crippen molar-refractivity contribution in [3.63, 3.8) is 0 Å². The van der Waals surface area contributed by atoms with Crippen molar-refractivity contribution in [1.29, 1.82) is 0 Å². The molecule has 5 heteroatoms. The minimum atomic E-state index is -0.808. The van der Waals surface area contributed by atoms with E-state index in [1.54, 1.807) is 18.3 Å². The monoisotopic (exact) mass is 257 g/mol. The average molecular weight is 257 g/mol. The first-order valence-corrected chi connectivity index (χ1v) is 5.86. The molecule has 0 fully saturated rings. The van der Waals surface area contributed by atoms with Crippen LogP contribution in [0.25, 0.3) is 0 Å². The number of anilines is 1. The molecule has 1 aromatic carbocycles. The minimum Gasteiger partial charge on any atom is -0.441 e. The molecule has 0 aliphatic rings. The van der Waals surface area contributed by atoms with Gasteiger partial charge >= 0.3 is 6.09 Å². The Morgan fingerprint density at radius 3 is 2.53 bits per heavy atom. The Balaban J connectivity index is 2.20. The van der Waals surface area contributed by atoms with Gasteiger partial charge in [0.1, 0.15) is 6.10 Å². The SMILES string of the molecule is NC(=O)OC(Cc1ccccn1)c1ccc(N)cc1. The van der Waals surface area contributed by atoms with Crippen LogP contribution in [0.2, 0.25) is 0 Å². The van der Waals surface area contributed by atoms with Gasteiger partial charge in [-0.25, -0.2) is 4.79 Å². The Morgan fingerprint density at radius 2 is 1.95 bits per heavy atom. The number of benzene rings is 1. The molecular weight excluding hydrogens is 242 g/mol. The van der Waals surface area contributed by atoms with E-state index in [0.29, 0.717) is 12.1 Å². The zero-order valence-electron chi connectivity index (χ0n) is 10.3. The molecule has 0 aliphatic carbocycles. The summed E-state index contributed by atoms with van der Waals surface area (Å²) in [5, 5.41) is 0. The van der Waals surface area contributed by atoms with Crippen LogP contribution < -0.4 is 11.5 Å². The largest absolute Gasteiger partial charge is 0.441 e. The molecule has 0 spiro atoms. The second-order valence-corrected chi connectivity index (χ2v) is 4.12. The van der Waals surface area contributed by atoms with E-state index in [2.05, 4.69) is 4.98 Å². The third-order valence-electron chi connectivity index (χ3n) is 2.69. The number of rotatable bonds is 4. The lowest BCUT2D eigenvalue weighted by molar-refractivity contribution is 0.106. The Labute approximate surface area is 111 Å². The minimum absolute atomic E-state index is 0.465. The summed E-state index contributed by atoms with van der Waals surface area (Å²) in [5.74, 6) is 0. The summed E-state index contributed by atoms with van der Waals surface area (Å²) >= 11 is 0. The quantitative estimate of drug-likeness (QED) is 0.820. The molecule has 4 N–H and O–H groups in total. The van der Waals surface area contributed by atoms with Gasteiger partial charge in [0.15, 0.2) is 0 Å². The van der Waals surface area contributed by atoms with Crippen LogP contribution in [0.5, 0.6) is 0 Å². The fourth-order valence-corrected chi connectivity index (χ4v) is 1.79. The topological polar surface area (TPSA) is 91.2 Å². The second kappa shape index (κ2) is 5.86. The third kappa shape index (κ3) is 3.70. The smallest absolute Gasteiger partial charge is 0.405 e. The number of nitrogen functional groups attached to an aromatic ring is 1. The van der Waals surface area contributed by atoms with Gasteiger partial charge in [-0.15, -0.1) is 0 Å². The Morgan fingerprint density at radius 1 is 1.21 bits per heavy atom. The number of carbonyl (C=O) groups excluding carboxylic acids is 1. The van der Waals surface area contributed by atoms with E-state index in [1.165, 1.54) is 0 Å². The van der Waals surface area contributed by atoms with Gasteiger partial charge in [-0.3, -0.25) is 4.98 Å². The fraction of sp³-hybridized carbons (Fsp3) is 0.143. The van der Waals surface area contributed by atoms with Crippen molar-refractivity contribution >= 4 is 11.8 Å². The molecule has 19 heavy (non-hydrogen) atoms. The fourth-order valence-electron chi connectivity index (χ4n) is 1.79. The summed E-state index contributed by atoms with van der Waals surface area (Å²) in [6, 6.07) is 12.7. The van der Waals surface area contributed by atoms with Crippen LogP contribution in [-0.4, -0.2) is 11.1 Å². The lowest BCUT2D eigenvalue weighted by Gasteiger charge is -2.16. The van der Waals surface area contributed by atoms with Crippen molar-refractivity contribution in [2.45, 2.75) is 12.5 Å². The van der Waals surface area contributed by atoms with Crippen molar-refractivity contribution in [3.05, 3.63) is 59.9 Å². The highest BCUT2D eigenvalue weighted by Crippen LogP contribution is 2.22. The molecule has 0 bridgehead atoms. The number of ether oxygens (including phenoxy) is 1. The molecule has 98 valence electrons. The molecule has 2 aromatic rings. The van der Waals surface area contributed by atoms with Crippen LogP contribution in [-0.2, 0) is 11.2 Å². The zero-order valence-corrected chi connectivity index (χ0v) is 10.3. The summed E-state index contributed by atoms with van der Waals surface area (Å²) in [6.07, 6.45) is 0.888. The number of hydrogen-bond acceptors (Lipinski definition) is 4. The standard InChI is InChI=1S/C14H15N3O2/c15-11-6-4-10(5-7-11)13(19-14(16)18)9-12-3-1-2-8-17-12/h1-8,13H,9,15H2,(H2,16,18). The van der Waals surface area contributed by atoms with Crippen molar-refractivity contribution in [2.75, 3.05) is 5.73 Å². The molecule has 0 aliphatic heterocycles. The first-order chi connectivity index (χ1) is 9.15. The third-order valence-corrected chi connectivity index (χ3v) is 2.69. The van der Waals surface area contributed by atoms with Gasteiger partial charge in [-0.2, -0.15) is 0 Å². The number of pyridine rings is 1. The highest BCUT2D eigenvalue weighted by atomic mass is 16.6. The molecule has 5 nitrogen and oxygen atoms in total. The lowest BCUT2D eigenvalue weighted by Crippen LogP contribution is -2.19. The molecule has 1 amide bonds. The molecule has 0 saturated carbocycles. The van der Waals surface area contributed by atoms with E-state index in [0.717, 1.165) is 11.3 Å². The number of amides is 1. The number of nitrogens with zero attached hydrogens (tertiary/aromatic N) is 1. The molecule has 0 radical (unpaired) electrons. The summed E-state index contributed by atoms with van der Waals surface area (Å²) in [6.45, 7) is 0. The summed E-state index contributed by atoms with van der Waals surface area (Å²) in [7, 11) is 0. The van der Waals surface area contributed by atoms with Gasteiger partial charge in [0.05, 0.1) is 0 Å². The second-order valence-electron chi connectivity index (χ2n) is 4.12. The highest BCUT2D eigenvalue weighted by Gasteiger charge is 2.16. The average Bonchev–Trinajstić information content (AvgIpc) is 2.39. The summed E-state index contributed by atoms with van der Waals surface area (Å²) in [5.41, 5.74) is 13.1. The molecule has 2 rings (SSSR count). The van der Waals surface area contributed by atoms with Crippen molar-refractivity contribution < 1.29 is 9.53 Å². The van der Waals surface area contributed by atoms with E-state index in [9.17, 15) is 4.79 Å². The van der Waals surface area contributed by atoms with Crippen LogP contribution in [0.4, 0.5) is 10.5 Å². The maximum absolute atomic E-state index is 11.0. The zero-order chi connectivity index (χ0) is 13.7. The molecule has 1 atom stereocenters. The first kappa shape index (κ1) is 12.9. The molecule has 1 aromatic heterocycles. The first-order valence-electron chi connectivity index (χ1n) is 5.86. The number of primary amides is 1. The van der Waals surface area contributed by atoms with Gasteiger partial charge < -0.3 is 16.2 Å². The van der Waals surface area contributed by atoms with Gasteiger partial charge in [-0.05, 0) is 29.8 Å². The van der Waals surface area contributed by atoms with Crippen LogP contribution in [0.1, 0.15) is 17.4 Å². The van der Waals surface area contributed by atoms with Crippen molar-refractivity contribution in [1.82, 2.24) is 4.98 Å². The van der Waals surface area contributed by atoms with E-state index >= 15 is 0 Å². The number of hydrogen-bond donors (Lipinski definition) is 2. The van der Waals surface area contributed by atoms with Crippen molar-refractivity contribution in [2.24, 2.45) is 5.73 Å². The van der Waals surface area contributed by atoms with Crippen molar-refractivity contribution in [3.8, 4) is 0 Å². The number of nitrogens with two attached hydrogens (primary N) is 2. The highest BCUT2D eigenvalue weighted by molar-refractivity contribution is 5.65. The van der Waals surface area contributed by atoms with Gasteiger partial charge in [-0.1, -0.05) is 18.2 Å². The maximum Gasteiger partial charge on any atom is 0.405 e. The van der Waals surface area contributed by atoms with Gasteiger partial charge in [0.25, 0.3) is 0 Å². The normalized spacial score (nSPS) is 11.8. The predicted molar refractivity (Wildman–Crippen MR) is 72.2 cm³/mol. The maximum atomic E-state index is 11.0. The van der Waals surface area contributed by atoms with Crippen LogP contribution in [0.15, 0.2) is 48.7 Å². The number of aromatic nitrogens is 1. The van der Waals surface area contributed by atoms with E-state index in [-0.39, 0.29) is 0 Å². The number of carbonyl (C=O) groups is 1. The Hall–Kier alpha value is -2.56. The molecule has 1 heterocycles. The molecular formula is C14H15N3O2. The van der Waals surface area contributed by atoms with Gasteiger partial charge in [0, 0.05) is 24.0 Å². The van der Waals surface area contributed by atoms with Crippen LogP contribution in [0.3, 0.4) is 0 Å². The van der Waals surface area contributed by atoms with Crippen LogP contribution in [0, 0.1) is 0 Å². The van der Waals surface area contributed by atoms with E-state index in [1.807, 2.05) is 30.3 Å². The Kier molecular flexibility index (Phi) is 3.97. The lowest BCUT2D eigenvalue weighted by atomic mass is 10.0. The van der Waals surface area contributed by atoms with Gasteiger partial charge in [0.2, 0.25) is 0 Å². The summed E-state index contributed by atoms with van der Waals surface area (Å²) < 4.78 is 5.14. The predicted octanol–water partition coefficient (Wildman–Crippen LogP) is 2.04. The Bertz CT molecular complexity index is 540.